The lowest BCUT2D eigenvalue weighted by Crippen LogP contribution is -2.54. The van der Waals surface area contributed by atoms with Gasteiger partial charge in [0, 0.05) is 55.5 Å². The number of carbonyl (C=O) groups excluding carboxylic acids is 1. The van der Waals surface area contributed by atoms with Crippen LogP contribution in [0.25, 0.3) is 0 Å². The number of amides is 1. The van der Waals surface area contributed by atoms with Crippen LogP contribution in [0.3, 0.4) is 0 Å². The summed E-state index contributed by atoms with van der Waals surface area (Å²) in [5.74, 6) is 0. The van der Waals surface area contributed by atoms with Crippen LogP contribution in [-0.4, -0.2) is 60.3 Å². The number of benzene rings is 1. The smallest absolute Gasteiger partial charge is 0.410 e. The van der Waals surface area contributed by atoms with Gasteiger partial charge < -0.3 is 14.5 Å². The van der Waals surface area contributed by atoms with Crippen LogP contribution in [0, 0.1) is 0 Å². The number of ether oxygens (including phenoxy) is 1. The molecule has 0 radical (unpaired) electrons. The fraction of sp³-hybridized carbons (Fsp3) is 0.667. The number of hydrogen-bond acceptors (Lipinski definition) is 4. The van der Waals surface area contributed by atoms with Crippen LogP contribution in [0.5, 0.6) is 0 Å². The Morgan fingerprint density at radius 2 is 1.89 bits per heavy atom. The molecule has 2 saturated heterocycles. The van der Waals surface area contributed by atoms with Crippen LogP contribution in [0.1, 0.15) is 46.1 Å². The topological polar surface area (TPSA) is 36.0 Å². The molecular formula is C21H32BrN3O2. The van der Waals surface area contributed by atoms with Gasteiger partial charge >= 0.3 is 6.09 Å². The highest BCUT2D eigenvalue weighted by Gasteiger charge is 2.30. The van der Waals surface area contributed by atoms with Gasteiger partial charge in [0.25, 0.3) is 0 Å². The fourth-order valence-electron chi connectivity index (χ4n) is 3.86. The van der Waals surface area contributed by atoms with Gasteiger partial charge in [-0.25, -0.2) is 4.79 Å². The van der Waals surface area contributed by atoms with E-state index in [4.69, 9.17) is 4.74 Å². The molecule has 27 heavy (non-hydrogen) atoms. The minimum Gasteiger partial charge on any atom is -0.444 e. The lowest BCUT2D eigenvalue weighted by Gasteiger charge is -2.40. The van der Waals surface area contributed by atoms with Crippen LogP contribution in [0.2, 0.25) is 0 Å². The molecule has 6 heteroatoms. The summed E-state index contributed by atoms with van der Waals surface area (Å²) in [7, 11) is 0. The third-order valence-electron chi connectivity index (χ3n) is 5.28. The molecule has 2 aliphatic rings. The molecule has 1 unspecified atom stereocenters. The molecule has 0 aromatic heterocycles. The minimum absolute atomic E-state index is 0.199. The van der Waals surface area contributed by atoms with Gasteiger partial charge in [-0.05, 0) is 58.2 Å². The summed E-state index contributed by atoms with van der Waals surface area (Å²) in [6.45, 7) is 13.5. The molecule has 1 aromatic rings. The van der Waals surface area contributed by atoms with Crippen molar-refractivity contribution >= 4 is 27.7 Å². The zero-order valence-electron chi connectivity index (χ0n) is 17.0. The van der Waals surface area contributed by atoms with Crippen molar-refractivity contribution in [2.45, 2.75) is 58.7 Å². The van der Waals surface area contributed by atoms with Gasteiger partial charge in [-0.2, -0.15) is 0 Å². The molecule has 5 nitrogen and oxygen atoms in total. The van der Waals surface area contributed by atoms with Gasteiger partial charge in [0.15, 0.2) is 0 Å². The highest BCUT2D eigenvalue weighted by molar-refractivity contribution is 9.10. The van der Waals surface area contributed by atoms with Crippen molar-refractivity contribution < 1.29 is 9.53 Å². The number of piperazine rings is 1. The predicted molar refractivity (Wildman–Crippen MR) is 113 cm³/mol. The van der Waals surface area contributed by atoms with Crippen molar-refractivity contribution in [1.82, 2.24) is 9.80 Å². The fourth-order valence-corrected chi connectivity index (χ4v) is 4.21. The van der Waals surface area contributed by atoms with Gasteiger partial charge in [-0.15, -0.1) is 0 Å². The van der Waals surface area contributed by atoms with Crippen molar-refractivity contribution in [1.29, 1.82) is 0 Å². The first-order valence-electron chi connectivity index (χ1n) is 9.98. The van der Waals surface area contributed by atoms with Crippen LogP contribution in [0.4, 0.5) is 10.5 Å². The first-order valence-corrected chi connectivity index (χ1v) is 10.8. The maximum absolute atomic E-state index is 12.4. The molecule has 2 heterocycles. The van der Waals surface area contributed by atoms with Crippen LogP contribution in [-0.2, 0) is 11.3 Å². The normalized spacial score (nSPS) is 21.6. The molecule has 1 aromatic carbocycles. The summed E-state index contributed by atoms with van der Waals surface area (Å²) in [6, 6.07) is 6.94. The molecule has 2 fully saturated rings. The summed E-state index contributed by atoms with van der Waals surface area (Å²) in [5.41, 5.74) is 2.28. The number of anilines is 1. The van der Waals surface area contributed by atoms with Gasteiger partial charge in [-0.3, -0.25) is 4.90 Å². The van der Waals surface area contributed by atoms with Crippen LogP contribution >= 0.6 is 15.9 Å². The Balaban J connectivity index is 1.65. The third-order valence-corrected chi connectivity index (χ3v) is 5.78. The Bertz CT molecular complexity index is 668. The predicted octanol–water partition coefficient (Wildman–Crippen LogP) is 4.49. The number of carbonyl (C=O) groups is 1. The molecule has 0 bridgehead atoms. The standard InChI is InChI=1S/C21H32BrN3O2/c1-16-14-25(20(26)27-21(2,3)4)12-11-24(16)15-17-7-8-18(22)13-19(17)23-9-5-6-10-23/h7-8,13,16H,5-6,9-12,14-15H2,1-4H3. The molecule has 0 spiro atoms. The Labute approximate surface area is 171 Å². The van der Waals surface area contributed by atoms with E-state index in [1.54, 1.807) is 0 Å². The molecule has 3 rings (SSSR count). The molecule has 150 valence electrons. The maximum Gasteiger partial charge on any atom is 0.410 e. The van der Waals surface area contributed by atoms with Crippen LogP contribution < -0.4 is 4.90 Å². The molecule has 0 N–H and O–H groups in total. The molecule has 0 aliphatic carbocycles. The Hall–Kier alpha value is -1.27. The quantitative estimate of drug-likeness (QED) is 0.697. The van der Waals surface area contributed by atoms with Crippen molar-refractivity contribution in [2.75, 3.05) is 37.6 Å². The summed E-state index contributed by atoms with van der Waals surface area (Å²) >= 11 is 3.63. The maximum atomic E-state index is 12.4. The van der Waals surface area contributed by atoms with E-state index in [1.165, 1.54) is 24.1 Å². The van der Waals surface area contributed by atoms with Crippen molar-refractivity contribution in [3.8, 4) is 0 Å². The van der Waals surface area contributed by atoms with E-state index in [-0.39, 0.29) is 6.09 Å². The van der Waals surface area contributed by atoms with E-state index < -0.39 is 5.60 Å². The second kappa shape index (κ2) is 8.39. The summed E-state index contributed by atoms with van der Waals surface area (Å²) in [5, 5.41) is 0. The SMILES string of the molecule is CC1CN(C(=O)OC(C)(C)C)CCN1Cc1ccc(Br)cc1N1CCCC1. The first-order chi connectivity index (χ1) is 12.7. The van der Waals surface area contributed by atoms with E-state index >= 15 is 0 Å². The third kappa shape index (κ3) is 5.38. The number of nitrogens with zero attached hydrogens (tertiary/aromatic N) is 3. The van der Waals surface area contributed by atoms with Crippen molar-refractivity contribution in [2.24, 2.45) is 0 Å². The Morgan fingerprint density at radius 1 is 1.19 bits per heavy atom. The molecule has 1 atom stereocenters. The summed E-state index contributed by atoms with van der Waals surface area (Å²) in [4.78, 5) is 19.2. The second-order valence-corrected chi connectivity index (χ2v) is 9.63. The lowest BCUT2D eigenvalue weighted by molar-refractivity contribution is 0.00463. The first kappa shape index (κ1) is 20.5. The monoisotopic (exact) mass is 437 g/mol. The van der Waals surface area contributed by atoms with Gasteiger partial charge in [0.1, 0.15) is 5.60 Å². The van der Waals surface area contributed by atoms with Gasteiger partial charge in [0.05, 0.1) is 0 Å². The van der Waals surface area contributed by atoms with E-state index in [1.807, 2.05) is 25.7 Å². The summed E-state index contributed by atoms with van der Waals surface area (Å²) in [6.07, 6.45) is 2.35. The zero-order valence-corrected chi connectivity index (χ0v) is 18.6. The Morgan fingerprint density at radius 3 is 2.52 bits per heavy atom. The molecule has 1 amide bonds. The van der Waals surface area contributed by atoms with E-state index in [2.05, 4.69) is 50.9 Å². The number of hydrogen-bond donors (Lipinski definition) is 0. The van der Waals surface area contributed by atoms with E-state index in [0.29, 0.717) is 12.6 Å². The second-order valence-electron chi connectivity index (χ2n) is 8.71. The Kier molecular flexibility index (Phi) is 6.36. The van der Waals surface area contributed by atoms with Crippen molar-refractivity contribution in [3.63, 3.8) is 0 Å². The van der Waals surface area contributed by atoms with Crippen molar-refractivity contribution in [3.05, 3.63) is 28.2 Å². The van der Waals surface area contributed by atoms with E-state index in [9.17, 15) is 4.79 Å². The number of rotatable bonds is 3. The lowest BCUT2D eigenvalue weighted by atomic mass is 10.1. The highest BCUT2D eigenvalue weighted by Crippen LogP contribution is 2.30. The average molecular weight is 438 g/mol. The zero-order chi connectivity index (χ0) is 19.6. The van der Waals surface area contributed by atoms with E-state index in [0.717, 1.165) is 37.2 Å². The largest absolute Gasteiger partial charge is 0.444 e. The van der Waals surface area contributed by atoms with Gasteiger partial charge in [-0.1, -0.05) is 22.0 Å². The minimum atomic E-state index is -0.445. The van der Waals surface area contributed by atoms with Gasteiger partial charge in [0.2, 0.25) is 0 Å². The molecule has 2 aliphatic heterocycles. The molecule has 0 saturated carbocycles. The molecular weight excluding hydrogens is 406 g/mol. The highest BCUT2D eigenvalue weighted by atomic mass is 79.9. The summed E-state index contributed by atoms with van der Waals surface area (Å²) < 4.78 is 6.67. The van der Waals surface area contributed by atoms with Crippen LogP contribution in [0.15, 0.2) is 22.7 Å². The average Bonchev–Trinajstić information content (AvgIpc) is 3.11. The number of halogens is 1.